The predicted octanol–water partition coefficient (Wildman–Crippen LogP) is 3.16. The van der Waals surface area contributed by atoms with Gasteiger partial charge in [0, 0.05) is 13.1 Å². The number of hydrogen-bond donors (Lipinski definition) is 0. The minimum absolute atomic E-state index is 0. The molecule has 0 fully saturated rings. The first-order valence-electron chi connectivity index (χ1n) is 11.4. The Morgan fingerprint density at radius 2 is 1.29 bits per heavy atom. The minimum Gasteiger partial charge on any atom is -0.493 e. The first kappa shape index (κ1) is 28.3. The molecule has 0 aromatic heterocycles. The van der Waals surface area contributed by atoms with Gasteiger partial charge in [-0.15, -0.1) is 12.4 Å². The fourth-order valence-electron chi connectivity index (χ4n) is 4.16. The maximum absolute atomic E-state index is 12.8. The number of nitrogens with zero attached hydrogens (tertiary/aromatic N) is 2. The van der Waals surface area contributed by atoms with Crippen LogP contribution in [0.5, 0.6) is 23.0 Å². The number of methoxy groups -OCH3 is 4. The smallest absolute Gasteiger partial charge is 0.233 e. The van der Waals surface area contributed by atoms with Crippen molar-refractivity contribution < 1.29 is 28.5 Å². The highest BCUT2D eigenvalue weighted by Crippen LogP contribution is 2.32. The van der Waals surface area contributed by atoms with E-state index < -0.39 is 0 Å². The molecule has 2 aromatic rings. The molecule has 0 atom stereocenters. The van der Waals surface area contributed by atoms with Crippen LogP contribution in [-0.4, -0.2) is 76.7 Å². The van der Waals surface area contributed by atoms with Gasteiger partial charge in [-0.1, -0.05) is 6.07 Å². The SMILES string of the molecule is COc1ccc(CCN(C)CCCN2C(=O)Cc3cc(OC)c(OC)cc3CC2=O)cc1OC.Cl. The topological polar surface area (TPSA) is 77.5 Å². The van der Waals surface area contributed by atoms with Crippen molar-refractivity contribution in [1.82, 2.24) is 9.80 Å². The number of ether oxygens (including phenoxy) is 4. The van der Waals surface area contributed by atoms with Crippen LogP contribution in [0.2, 0.25) is 0 Å². The third-order valence-corrected chi connectivity index (χ3v) is 6.14. The number of fused-ring (bicyclic) bond motifs is 1. The first-order valence-corrected chi connectivity index (χ1v) is 11.4. The largest absolute Gasteiger partial charge is 0.493 e. The lowest BCUT2D eigenvalue weighted by molar-refractivity contribution is -0.143. The summed E-state index contributed by atoms with van der Waals surface area (Å²) in [7, 11) is 8.41. The van der Waals surface area contributed by atoms with E-state index in [2.05, 4.69) is 4.90 Å². The Balaban J connectivity index is 0.00000432. The molecule has 8 nitrogen and oxygen atoms in total. The Hall–Kier alpha value is -2.97. The van der Waals surface area contributed by atoms with Gasteiger partial charge in [-0.2, -0.15) is 0 Å². The summed E-state index contributed by atoms with van der Waals surface area (Å²) in [5.41, 5.74) is 2.78. The Labute approximate surface area is 213 Å². The summed E-state index contributed by atoms with van der Waals surface area (Å²) in [6.07, 6.45) is 1.92. The first-order chi connectivity index (χ1) is 16.4. The molecule has 0 radical (unpaired) electrons. The van der Waals surface area contributed by atoms with Crippen LogP contribution in [-0.2, 0) is 28.9 Å². The van der Waals surface area contributed by atoms with Gasteiger partial charge in [0.25, 0.3) is 0 Å². The van der Waals surface area contributed by atoms with Crippen molar-refractivity contribution in [3.05, 3.63) is 47.0 Å². The number of rotatable bonds is 11. The van der Waals surface area contributed by atoms with E-state index in [4.69, 9.17) is 18.9 Å². The number of benzene rings is 2. The maximum Gasteiger partial charge on any atom is 0.233 e. The zero-order chi connectivity index (χ0) is 24.7. The molecule has 1 aliphatic heterocycles. The standard InChI is InChI=1S/C26H34N2O6.ClH/c1-27(12-9-18-7-8-21(31-2)22(13-18)32-3)10-6-11-28-25(29)16-19-14-23(33-4)24(34-5)15-20(19)17-26(28)30;/h7-8,13-15H,6,9-12,16-17H2,1-5H3;1H. The minimum atomic E-state index is -0.177. The van der Waals surface area contributed by atoms with E-state index >= 15 is 0 Å². The number of halogens is 1. The lowest BCUT2D eigenvalue weighted by Gasteiger charge is -2.21. The number of amides is 2. The normalized spacial score (nSPS) is 13.1. The monoisotopic (exact) mass is 506 g/mol. The van der Waals surface area contributed by atoms with Crippen molar-refractivity contribution in [2.24, 2.45) is 0 Å². The fourth-order valence-corrected chi connectivity index (χ4v) is 4.16. The number of carbonyl (C=O) groups is 2. The van der Waals surface area contributed by atoms with E-state index in [9.17, 15) is 9.59 Å². The van der Waals surface area contributed by atoms with Gasteiger partial charge in [0.2, 0.25) is 11.8 Å². The van der Waals surface area contributed by atoms with Gasteiger partial charge >= 0.3 is 0 Å². The summed E-state index contributed by atoms with van der Waals surface area (Å²) in [5.74, 6) is 2.20. The van der Waals surface area contributed by atoms with E-state index in [1.807, 2.05) is 25.2 Å². The Morgan fingerprint density at radius 3 is 1.80 bits per heavy atom. The van der Waals surface area contributed by atoms with Crippen LogP contribution in [0, 0.1) is 0 Å². The zero-order valence-electron chi connectivity index (χ0n) is 21.1. The van der Waals surface area contributed by atoms with Crippen LogP contribution >= 0.6 is 12.4 Å². The third-order valence-electron chi connectivity index (χ3n) is 6.14. The second-order valence-corrected chi connectivity index (χ2v) is 8.36. The van der Waals surface area contributed by atoms with Gasteiger partial charge in [-0.3, -0.25) is 14.5 Å². The molecular formula is C26H35ClN2O6. The molecule has 0 unspecified atom stereocenters. The fraction of sp³-hybridized carbons (Fsp3) is 0.462. The van der Waals surface area contributed by atoms with Gasteiger partial charge in [-0.05, 0) is 67.4 Å². The highest BCUT2D eigenvalue weighted by Gasteiger charge is 2.28. The summed E-state index contributed by atoms with van der Waals surface area (Å²) in [6, 6.07) is 9.53. The summed E-state index contributed by atoms with van der Waals surface area (Å²) in [4.78, 5) is 29.3. The molecule has 192 valence electrons. The molecule has 1 aliphatic rings. The predicted molar refractivity (Wildman–Crippen MR) is 136 cm³/mol. The molecular weight excluding hydrogens is 472 g/mol. The van der Waals surface area contributed by atoms with E-state index in [0.717, 1.165) is 42.0 Å². The molecule has 0 N–H and O–H groups in total. The summed E-state index contributed by atoms with van der Waals surface area (Å²) < 4.78 is 21.4. The molecule has 0 spiro atoms. The average molecular weight is 507 g/mol. The molecule has 35 heavy (non-hydrogen) atoms. The number of carbonyl (C=O) groups excluding carboxylic acids is 2. The molecule has 0 saturated heterocycles. The molecule has 0 aliphatic carbocycles. The molecule has 3 rings (SSSR count). The number of likely N-dealkylation sites (N-methyl/N-ethyl adjacent to an activating group) is 1. The van der Waals surface area contributed by atoms with Crippen LogP contribution in [0.15, 0.2) is 30.3 Å². The second-order valence-electron chi connectivity index (χ2n) is 8.36. The van der Waals surface area contributed by atoms with E-state index in [1.54, 1.807) is 40.6 Å². The Kier molecular flexibility index (Phi) is 10.7. The van der Waals surface area contributed by atoms with Crippen LogP contribution in [0.3, 0.4) is 0 Å². The Bertz CT molecular complexity index is 984. The van der Waals surface area contributed by atoms with Gasteiger partial charge < -0.3 is 23.8 Å². The van der Waals surface area contributed by atoms with Crippen molar-refractivity contribution in [3.8, 4) is 23.0 Å². The number of imide groups is 1. The lowest BCUT2D eigenvalue weighted by atomic mass is 10.0. The van der Waals surface area contributed by atoms with Crippen LogP contribution in [0.1, 0.15) is 23.1 Å². The van der Waals surface area contributed by atoms with Crippen molar-refractivity contribution in [2.75, 3.05) is 55.1 Å². The second kappa shape index (κ2) is 13.2. The van der Waals surface area contributed by atoms with Crippen LogP contribution in [0.4, 0.5) is 0 Å². The summed E-state index contributed by atoms with van der Waals surface area (Å²) in [6.45, 7) is 2.03. The number of hydrogen-bond acceptors (Lipinski definition) is 7. The highest BCUT2D eigenvalue weighted by molar-refractivity contribution is 5.99. The zero-order valence-corrected chi connectivity index (χ0v) is 21.9. The molecule has 9 heteroatoms. The molecule has 0 saturated carbocycles. The van der Waals surface area contributed by atoms with Crippen LogP contribution in [0.25, 0.3) is 0 Å². The Morgan fingerprint density at radius 1 is 0.771 bits per heavy atom. The van der Waals surface area contributed by atoms with Gasteiger partial charge in [-0.25, -0.2) is 0 Å². The van der Waals surface area contributed by atoms with E-state index in [0.29, 0.717) is 30.2 Å². The molecule has 2 aromatic carbocycles. The van der Waals surface area contributed by atoms with Crippen LogP contribution < -0.4 is 18.9 Å². The third kappa shape index (κ3) is 7.02. The average Bonchev–Trinajstić information content (AvgIpc) is 2.96. The molecule has 0 bridgehead atoms. The van der Waals surface area contributed by atoms with Crippen molar-refractivity contribution in [1.29, 1.82) is 0 Å². The van der Waals surface area contributed by atoms with E-state index in [1.165, 1.54) is 4.90 Å². The maximum atomic E-state index is 12.8. The van der Waals surface area contributed by atoms with Gasteiger partial charge in [0.05, 0.1) is 41.3 Å². The summed E-state index contributed by atoms with van der Waals surface area (Å²) >= 11 is 0. The van der Waals surface area contributed by atoms with Crippen molar-refractivity contribution >= 4 is 24.2 Å². The van der Waals surface area contributed by atoms with Crippen molar-refractivity contribution in [2.45, 2.75) is 25.7 Å². The van der Waals surface area contributed by atoms with Crippen molar-refractivity contribution in [3.63, 3.8) is 0 Å². The quantitative estimate of drug-likeness (QED) is 0.433. The highest BCUT2D eigenvalue weighted by atomic mass is 35.5. The van der Waals surface area contributed by atoms with E-state index in [-0.39, 0.29) is 37.1 Å². The summed E-state index contributed by atoms with van der Waals surface area (Å²) in [5, 5.41) is 0. The molecule has 1 heterocycles. The molecule has 2 amide bonds. The van der Waals surface area contributed by atoms with Gasteiger partial charge in [0.1, 0.15) is 0 Å². The van der Waals surface area contributed by atoms with Gasteiger partial charge in [0.15, 0.2) is 23.0 Å². The lowest BCUT2D eigenvalue weighted by Crippen LogP contribution is -2.39.